The molecule has 1 aliphatic carbocycles. The smallest absolute Gasteiger partial charge is 0.358 e. The highest BCUT2D eigenvalue weighted by atomic mass is 16.4. The largest absolute Gasteiger partial charge is 0.476 e. The van der Waals surface area contributed by atoms with Crippen molar-refractivity contribution in [3.8, 4) is 5.69 Å². The van der Waals surface area contributed by atoms with Gasteiger partial charge in [-0.15, -0.1) is 5.10 Å². The van der Waals surface area contributed by atoms with Crippen molar-refractivity contribution in [3.63, 3.8) is 0 Å². The summed E-state index contributed by atoms with van der Waals surface area (Å²) in [4.78, 5) is 37.8. The summed E-state index contributed by atoms with van der Waals surface area (Å²) in [5.41, 5.74) is 0.973. The third-order valence-corrected chi connectivity index (χ3v) is 5.39. The molecule has 9 heteroatoms. The number of hydrogen-bond acceptors (Lipinski definition) is 5. The monoisotopic (exact) mass is 383 g/mol. The Kier molecular flexibility index (Phi) is 4.81. The molecule has 2 amide bonds. The highest BCUT2D eigenvalue weighted by molar-refractivity contribution is 5.97. The zero-order valence-corrected chi connectivity index (χ0v) is 15.2. The van der Waals surface area contributed by atoms with Crippen LogP contribution in [0.2, 0.25) is 0 Å². The van der Waals surface area contributed by atoms with E-state index in [1.54, 1.807) is 24.3 Å². The van der Waals surface area contributed by atoms with Crippen LogP contribution < -0.4 is 5.32 Å². The van der Waals surface area contributed by atoms with Gasteiger partial charge in [-0.1, -0.05) is 24.1 Å². The molecule has 2 N–H and O–H groups in total. The molecule has 1 aromatic carbocycles. The zero-order valence-electron chi connectivity index (χ0n) is 15.2. The molecule has 2 aliphatic rings. The van der Waals surface area contributed by atoms with E-state index in [4.69, 9.17) is 5.11 Å². The second kappa shape index (κ2) is 7.41. The number of hydrogen-bond donors (Lipinski definition) is 2. The first kappa shape index (κ1) is 18.1. The van der Waals surface area contributed by atoms with Gasteiger partial charge in [0.05, 0.1) is 17.8 Å². The number of anilines is 1. The minimum atomic E-state index is -1.16. The molecule has 1 atom stereocenters. The lowest BCUT2D eigenvalue weighted by Crippen LogP contribution is -2.35. The van der Waals surface area contributed by atoms with Crippen LogP contribution in [0.15, 0.2) is 30.5 Å². The van der Waals surface area contributed by atoms with E-state index in [2.05, 4.69) is 15.6 Å². The number of carboxylic acids is 1. The van der Waals surface area contributed by atoms with Gasteiger partial charge in [0.2, 0.25) is 11.8 Å². The topological polar surface area (TPSA) is 117 Å². The van der Waals surface area contributed by atoms with Gasteiger partial charge in [0.15, 0.2) is 5.69 Å². The van der Waals surface area contributed by atoms with Crippen LogP contribution in [0.25, 0.3) is 5.69 Å². The number of amides is 2. The summed E-state index contributed by atoms with van der Waals surface area (Å²) >= 11 is 0. The molecule has 1 aliphatic heterocycles. The Morgan fingerprint density at radius 1 is 1.21 bits per heavy atom. The van der Waals surface area contributed by atoms with Gasteiger partial charge in [0.1, 0.15) is 0 Å². The molecule has 1 aromatic heterocycles. The second-order valence-electron chi connectivity index (χ2n) is 7.28. The second-order valence-corrected chi connectivity index (χ2v) is 7.28. The van der Waals surface area contributed by atoms with E-state index in [0.29, 0.717) is 17.9 Å². The molecule has 0 spiro atoms. The minimum Gasteiger partial charge on any atom is -0.476 e. The normalized spacial score (nSPS) is 19.9. The summed E-state index contributed by atoms with van der Waals surface area (Å²) < 4.78 is 1.33. The molecule has 1 saturated heterocycles. The number of nitrogens with one attached hydrogen (secondary N) is 1. The van der Waals surface area contributed by atoms with Crippen LogP contribution in [0.3, 0.4) is 0 Å². The summed E-state index contributed by atoms with van der Waals surface area (Å²) in [6.45, 7) is 0.472. The first-order chi connectivity index (χ1) is 13.5. The molecule has 146 valence electrons. The van der Waals surface area contributed by atoms with Gasteiger partial charge in [-0.3, -0.25) is 9.59 Å². The van der Waals surface area contributed by atoms with E-state index in [-0.39, 0.29) is 35.9 Å². The van der Waals surface area contributed by atoms with E-state index in [0.717, 1.165) is 25.7 Å². The molecule has 28 heavy (non-hydrogen) atoms. The van der Waals surface area contributed by atoms with Gasteiger partial charge in [-0.05, 0) is 31.0 Å². The Bertz CT molecular complexity index is 919. The third kappa shape index (κ3) is 3.60. The quantitative estimate of drug-likeness (QED) is 0.811. The lowest BCUT2D eigenvalue weighted by atomic mass is 10.1. The number of nitrogens with zero attached hydrogens (tertiary/aromatic N) is 4. The van der Waals surface area contributed by atoms with Crippen LogP contribution >= 0.6 is 0 Å². The number of aromatic carboxylic acids is 1. The Labute approximate surface area is 161 Å². The van der Waals surface area contributed by atoms with Crippen LogP contribution in [0.4, 0.5) is 5.69 Å². The van der Waals surface area contributed by atoms with E-state index in [1.807, 2.05) is 4.90 Å². The lowest BCUT2D eigenvalue weighted by Gasteiger charge is -2.23. The molecular weight excluding hydrogens is 362 g/mol. The van der Waals surface area contributed by atoms with Crippen LogP contribution in [0, 0.1) is 5.92 Å². The van der Waals surface area contributed by atoms with Crippen molar-refractivity contribution in [1.29, 1.82) is 0 Å². The maximum Gasteiger partial charge on any atom is 0.358 e. The fourth-order valence-corrected chi connectivity index (χ4v) is 3.93. The van der Waals surface area contributed by atoms with E-state index >= 15 is 0 Å². The summed E-state index contributed by atoms with van der Waals surface area (Å²) in [6.07, 6.45) is 5.89. The van der Waals surface area contributed by atoms with Gasteiger partial charge in [-0.2, -0.15) is 0 Å². The minimum absolute atomic E-state index is 0.0598. The van der Waals surface area contributed by atoms with Crippen molar-refractivity contribution in [2.75, 3.05) is 11.9 Å². The number of carbonyl (C=O) groups excluding carboxylic acids is 2. The van der Waals surface area contributed by atoms with E-state index in [1.165, 1.54) is 10.9 Å². The average molecular weight is 383 g/mol. The van der Waals surface area contributed by atoms with E-state index in [9.17, 15) is 14.4 Å². The molecule has 2 heterocycles. The van der Waals surface area contributed by atoms with Crippen LogP contribution in [-0.4, -0.2) is 55.4 Å². The fourth-order valence-electron chi connectivity index (χ4n) is 3.93. The van der Waals surface area contributed by atoms with Crippen molar-refractivity contribution in [1.82, 2.24) is 19.9 Å². The molecule has 2 fully saturated rings. The van der Waals surface area contributed by atoms with E-state index < -0.39 is 5.97 Å². The SMILES string of the molecule is O=C(O)c1cn(-c2cccc(NC(=O)C3CC(=O)N(C4CCCC4)C3)c2)nn1. The first-order valence-electron chi connectivity index (χ1n) is 9.37. The summed E-state index contributed by atoms with van der Waals surface area (Å²) in [5.74, 6) is -1.64. The summed E-state index contributed by atoms with van der Waals surface area (Å²) in [5, 5.41) is 19.2. The van der Waals surface area contributed by atoms with Crippen LogP contribution in [0.5, 0.6) is 0 Å². The van der Waals surface area contributed by atoms with Gasteiger partial charge in [0.25, 0.3) is 0 Å². The molecule has 1 saturated carbocycles. The highest BCUT2D eigenvalue weighted by Crippen LogP contribution is 2.30. The maximum atomic E-state index is 12.7. The Morgan fingerprint density at radius 2 is 2.00 bits per heavy atom. The van der Waals surface area contributed by atoms with Crippen molar-refractivity contribution in [3.05, 3.63) is 36.2 Å². The van der Waals surface area contributed by atoms with Crippen LogP contribution in [-0.2, 0) is 9.59 Å². The molecule has 9 nitrogen and oxygen atoms in total. The van der Waals surface area contributed by atoms with Gasteiger partial charge < -0.3 is 15.3 Å². The van der Waals surface area contributed by atoms with Crippen LogP contribution in [0.1, 0.15) is 42.6 Å². The Hall–Kier alpha value is -3.23. The number of carboxylic acid groups (broad SMARTS) is 1. The van der Waals surface area contributed by atoms with Crippen molar-refractivity contribution >= 4 is 23.5 Å². The highest BCUT2D eigenvalue weighted by Gasteiger charge is 2.38. The summed E-state index contributed by atoms with van der Waals surface area (Å²) in [6, 6.07) is 7.17. The fraction of sp³-hybridized carbons (Fsp3) is 0.421. The molecule has 1 unspecified atom stereocenters. The number of likely N-dealkylation sites (tertiary alicyclic amines) is 1. The van der Waals surface area contributed by atoms with Crippen molar-refractivity contribution in [2.45, 2.75) is 38.1 Å². The number of aromatic nitrogens is 3. The summed E-state index contributed by atoms with van der Waals surface area (Å²) in [7, 11) is 0. The van der Waals surface area contributed by atoms with Crippen molar-refractivity contribution in [2.24, 2.45) is 5.92 Å². The van der Waals surface area contributed by atoms with Crippen molar-refractivity contribution < 1.29 is 19.5 Å². The lowest BCUT2D eigenvalue weighted by molar-refractivity contribution is -0.129. The predicted octanol–water partition coefficient (Wildman–Crippen LogP) is 1.70. The number of benzene rings is 1. The van der Waals surface area contributed by atoms with Gasteiger partial charge in [-0.25, -0.2) is 9.48 Å². The Morgan fingerprint density at radius 3 is 2.71 bits per heavy atom. The third-order valence-electron chi connectivity index (χ3n) is 5.39. The van der Waals surface area contributed by atoms with Gasteiger partial charge in [0, 0.05) is 24.7 Å². The first-order valence-corrected chi connectivity index (χ1v) is 9.37. The molecule has 4 rings (SSSR count). The standard InChI is InChI=1S/C19H21N5O4/c25-17-8-12(10-23(17)14-5-1-2-6-14)18(26)20-13-4-3-7-15(9-13)24-11-16(19(27)28)21-22-24/h3-4,7,9,11-12,14H,1-2,5-6,8,10H2,(H,20,26)(H,27,28). The molecule has 2 aromatic rings. The zero-order chi connectivity index (χ0) is 19.7. The molecule has 0 bridgehead atoms. The maximum absolute atomic E-state index is 12.7. The molecular formula is C19H21N5O4. The average Bonchev–Trinajstić information content (AvgIpc) is 3.42. The Balaban J connectivity index is 1.43. The van der Waals surface area contributed by atoms with Gasteiger partial charge >= 0.3 is 5.97 Å². The number of carbonyl (C=O) groups is 3. The number of rotatable bonds is 5. The molecule has 0 radical (unpaired) electrons. The predicted molar refractivity (Wildman–Crippen MR) is 99.0 cm³/mol.